The van der Waals surface area contributed by atoms with Crippen molar-refractivity contribution in [1.82, 2.24) is 9.62 Å². The van der Waals surface area contributed by atoms with Crippen LogP contribution in [0.2, 0.25) is 0 Å². The standard InChI is InChI=1S/C18H23N3O3S/c1-14-6-4-8-16(12-14)20-18(22)15-7-5-9-17(13-15)25(23,24)19-10-11-21(2)3/h4-9,12-13,19H,10-11H2,1-3H3,(H,20,22). The average Bonchev–Trinajstić information content (AvgIpc) is 2.54. The smallest absolute Gasteiger partial charge is 0.255 e. The van der Waals surface area contributed by atoms with Crippen molar-refractivity contribution < 1.29 is 13.2 Å². The minimum Gasteiger partial charge on any atom is -0.322 e. The maximum Gasteiger partial charge on any atom is 0.255 e. The maximum absolute atomic E-state index is 12.4. The molecule has 2 rings (SSSR count). The third-order valence-electron chi connectivity index (χ3n) is 3.53. The fourth-order valence-electron chi connectivity index (χ4n) is 2.22. The molecular formula is C18H23N3O3S. The molecule has 0 aliphatic rings. The summed E-state index contributed by atoms with van der Waals surface area (Å²) in [4.78, 5) is 14.3. The fourth-order valence-corrected chi connectivity index (χ4v) is 3.28. The van der Waals surface area contributed by atoms with Gasteiger partial charge in [0.2, 0.25) is 10.0 Å². The number of likely N-dealkylation sites (N-methyl/N-ethyl adjacent to an activating group) is 1. The quantitative estimate of drug-likeness (QED) is 0.791. The van der Waals surface area contributed by atoms with Crippen LogP contribution in [0.25, 0.3) is 0 Å². The first-order chi connectivity index (χ1) is 11.8. The van der Waals surface area contributed by atoms with Crippen molar-refractivity contribution in [3.8, 4) is 0 Å². The van der Waals surface area contributed by atoms with Gasteiger partial charge in [0.1, 0.15) is 0 Å². The van der Waals surface area contributed by atoms with Crippen molar-refractivity contribution in [1.29, 1.82) is 0 Å². The van der Waals surface area contributed by atoms with Gasteiger partial charge in [0.05, 0.1) is 4.90 Å². The predicted octanol–water partition coefficient (Wildman–Crippen LogP) is 2.09. The lowest BCUT2D eigenvalue weighted by Crippen LogP contribution is -2.31. The molecule has 2 aromatic rings. The second kappa shape index (κ2) is 8.24. The van der Waals surface area contributed by atoms with Gasteiger partial charge in [-0.05, 0) is 56.9 Å². The van der Waals surface area contributed by atoms with E-state index in [2.05, 4.69) is 10.0 Å². The van der Waals surface area contributed by atoms with Crippen molar-refractivity contribution in [2.75, 3.05) is 32.5 Å². The van der Waals surface area contributed by atoms with Crippen LogP contribution in [0.4, 0.5) is 5.69 Å². The Kier molecular flexibility index (Phi) is 6.30. The minimum atomic E-state index is -3.65. The molecule has 0 atom stereocenters. The first-order valence-corrected chi connectivity index (χ1v) is 9.39. The summed E-state index contributed by atoms with van der Waals surface area (Å²) in [5.41, 5.74) is 1.98. The highest BCUT2D eigenvalue weighted by Gasteiger charge is 2.16. The number of hydrogen-bond acceptors (Lipinski definition) is 4. The van der Waals surface area contributed by atoms with E-state index in [1.54, 1.807) is 18.2 Å². The van der Waals surface area contributed by atoms with Crippen LogP contribution in [0.1, 0.15) is 15.9 Å². The van der Waals surface area contributed by atoms with Gasteiger partial charge in [0.25, 0.3) is 5.91 Å². The van der Waals surface area contributed by atoms with Crippen molar-refractivity contribution in [3.05, 3.63) is 59.7 Å². The molecule has 0 aliphatic carbocycles. The number of benzene rings is 2. The summed E-state index contributed by atoms with van der Waals surface area (Å²) in [6.07, 6.45) is 0. The SMILES string of the molecule is Cc1cccc(NC(=O)c2cccc(S(=O)(=O)NCCN(C)C)c2)c1. The van der Waals surface area contributed by atoms with Crippen LogP contribution in [0.3, 0.4) is 0 Å². The Hall–Kier alpha value is -2.22. The molecule has 2 aromatic carbocycles. The van der Waals surface area contributed by atoms with Gasteiger partial charge >= 0.3 is 0 Å². The third kappa shape index (κ3) is 5.67. The highest BCUT2D eigenvalue weighted by Crippen LogP contribution is 2.15. The van der Waals surface area contributed by atoms with E-state index in [1.807, 2.05) is 44.1 Å². The highest BCUT2D eigenvalue weighted by atomic mass is 32.2. The van der Waals surface area contributed by atoms with Crippen LogP contribution in [-0.2, 0) is 10.0 Å². The summed E-state index contributed by atoms with van der Waals surface area (Å²) in [7, 11) is 0.0831. The number of carbonyl (C=O) groups is 1. The van der Waals surface area contributed by atoms with Crippen LogP contribution in [0, 0.1) is 6.92 Å². The van der Waals surface area contributed by atoms with Crippen LogP contribution in [0.5, 0.6) is 0 Å². The van der Waals surface area contributed by atoms with E-state index < -0.39 is 10.0 Å². The Labute approximate surface area is 148 Å². The molecule has 1 amide bonds. The fraction of sp³-hybridized carbons (Fsp3) is 0.278. The van der Waals surface area contributed by atoms with Crippen LogP contribution < -0.4 is 10.0 Å². The average molecular weight is 361 g/mol. The van der Waals surface area contributed by atoms with E-state index in [-0.39, 0.29) is 16.4 Å². The summed E-state index contributed by atoms with van der Waals surface area (Å²) < 4.78 is 27.2. The largest absolute Gasteiger partial charge is 0.322 e. The Morgan fingerprint density at radius 2 is 1.80 bits per heavy atom. The van der Waals surface area contributed by atoms with Gasteiger partial charge in [-0.2, -0.15) is 0 Å². The van der Waals surface area contributed by atoms with E-state index in [0.29, 0.717) is 18.8 Å². The second-order valence-corrected chi connectivity index (χ2v) is 7.82. The summed E-state index contributed by atoms with van der Waals surface area (Å²) in [5.74, 6) is -0.351. The summed E-state index contributed by atoms with van der Waals surface area (Å²) >= 11 is 0. The van der Waals surface area contributed by atoms with E-state index >= 15 is 0 Å². The number of aryl methyl sites for hydroxylation is 1. The lowest BCUT2D eigenvalue weighted by molar-refractivity contribution is 0.102. The molecule has 0 aromatic heterocycles. The Balaban J connectivity index is 2.13. The van der Waals surface area contributed by atoms with E-state index in [9.17, 15) is 13.2 Å². The number of amides is 1. The maximum atomic E-state index is 12.4. The van der Waals surface area contributed by atoms with Gasteiger partial charge in [0, 0.05) is 24.3 Å². The number of nitrogens with one attached hydrogen (secondary N) is 2. The van der Waals surface area contributed by atoms with Crippen molar-refractivity contribution >= 4 is 21.6 Å². The first kappa shape index (κ1) is 19.1. The van der Waals surface area contributed by atoms with Gasteiger partial charge in [-0.25, -0.2) is 13.1 Å². The lowest BCUT2D eigenvalue weighted by atomic mass is 10.2. The lowest BCUT2D eigenvalue weighted by Gasteiger charge is -2.12. The number of carbonyl (C=O) groups excluding carboxylic acids is 1. The van der Waals surface area contributed by atoms with Gasteiger partial charge in [-0.3, -0.25) is 4.79 Å². The van der Waals surface area contributed by atoms with Crippen LogP contribution in [0.15, 0.2) is 53.4 Å². The number of rotatable bonds is 7. The number of sulfonamides is 1. The van der Waals surface area contributed by atoms with Gasteiger partial charge < -0.3 is 10.2 Å². The Morgan fingerprint density at radius 3 is 2.48 bits per heavy atom. The van der Waals surface area contributed by atoms with Crippen molar-refractivity contribution in [2.45, 2.75) is 11.8 Å². The number of nitrogens with zero attached hydrogens (tertiary/aromatic N) is 1. The summed E-state index contributed by atoms with van der Waals surface area (Å²) in [6.45, 7) is 2.82. The molecule has 0 aliphatic heterocycles. The number of hydrogen-bond donors (Lipinski definition) is 2. The van der Waals surface area contributed by atoms with Crippen molar-refractivity contribution in [3.63, 3.8) is 0 Å². The summed E-state index contributed by atoms with van der Waals surface area (Å²) in [5, 5.41) is 2.77. The molecule has 0 spiro atoms. The molecule has 7 heteroatoms. The predicted molar refractivity (Wildman–Crippen MR) is 99.3 cm³/mol. The molecule has 0 fully saturated rings. The number of anilines is 1. The normalized spacial score (nSPS) is 11.5. The molecule has 6 nitrogen and oxygen atoms in total. The molecule has 0 radical (unpaired) electrons. The monoisotopic (exact) mass is 361 g/mol. The van der Waals surface area contributed by atoms with E-state index in [0.717, 1.165) is 5.56 Å². The minimum absolute atomic E-state index is 0.0724. The second-order valence-electron chi connectivity index (χ2n) is 6.05. The van der Waals surface area contributed by atoms with E-state index in [4.69, 9.17) is 0 Å². The summed E-state index contributed by atoms with van der Waals surface area (Å²) in [6, 6.07) is 13.4. The first-order valence-electron chi connectivity index (χ1n) is 7.90. The highest BCUT2D eigenvalue weighted by molar-refractivity contribution is 7.89. The van der Waals surface area contributed by atoms with Gasteiger partial charge in [-0.15, -0.1) is 0 Å². The zero-order chi connectivity index (χ0) is 18.4. The van der Waals surface area contributed by atoms with E-state index in [1.165, 1.54) is 12.1 Å². The van der Waals surface area contributed by atoms with Gasteiger partial charge in [-0.1, -0.05) is 18.2 Å². The van der Waals surface area contributed by atoms with Crippen molar-refractivity contribution in [2.24, 2.45) is 0 Å². The Morgan fingerprint density at radius 1 is 1.08 bits per heavy atom. The molecule has 2 N–H and O–H groups in total. The molecule has 0 saturated heterocycles. The topological polar surface area (TPSA) is 78.5 Å². The van der Waals surface area contributed by atoms with Crippen LogP contribution in [-0.4, -0.2) is 46.4 Å². The molecule has 25 heavy (non-hydrogen) atoms. The zero-order valence-corrected chi connectivity index (χ0v) is 15.4. The molecule has 0 unspecified atom stereocenters. The zero-order valence-electron chi connectivity index (χ0n) is 14.6. The molecule has 0 heterocycles. The molecular weight excluding hydrogens is 338 g/mol. The molecule has 134 valence electrons. The van der Waals surface area contributed by atoms with Gasteiger partial charge in [0.15, 0.2) is 0 Å². The third-order valence-corrected chi connectivity index (χ3v) is 4.99. The Bertz CT molecular complexity index is 848. The van der Waals surface area contributed by atoms with Crippen LogP contribution >= 0.6 is 0 Å². The molecule has 0 saturated carbocycles. The molecule has 0 bridgehead atoms.